The number of nitrogens with zero attached hydrogens (tertiary/aromatic N) is 1. The quantitative estimate of drug-likeness (QED) is 0.739. The third-order valence-electron chi connectivity index (χ3n) is 3.48. The number of hydrogen-bond donors (Lipinski definition) is 0. The number of Topliss-reactive ketones (excluding diaryl/α,β-unsaturated/α-hetero) is 1. The van der Waals surface area contributed by atoms with Crippen LogP contribution in [0.3, 0.4) is 0 Å². The van der Waals surface area contributed by atoms with E-state index in [1.165, 1.54) is 5.56 Å². The molecule has 1 heterocycles. The molecule has 2 heteroatoms. The van der Waals surface area contributed by atoms with Crippen molar-refractivity contribution in [2.45, 2.75) is 32.1 Å². The molecular formula is C19H21NO. The molecule has 0 radical (unpaired) electrons. The van der Waals surface area contributed by atoms with Crippen molar-refractivity contribution in [3.63, 3.8) is 0 Å². The van der Waals surface area contributed by atoms with Crippen molar-refractivity contribution in [2.75, 3.05) is 0 Å². The summed E-state index contributed by atoms with van der Waals surface area (Å²) in [6.07, 6.45) is 8.49. The first-order valence-corrected chi connectivity index (χ1v) is 7.37. The molecule has 1 aromatic heterocycles. The van der Waals surface area contributed by atoms with E-state index in [-0.39, 0.29) is 5.78 Å². The standard InChI is InChI=1S/C19H21NO/c1-16(21)13-14-18(19-12-5-6-15-20-19)11-7-10-17-8-3-2-4-9-17/h2-10,12,15,18H,11,13-14H2,1H3/b10-7+/t18-/m0/s1. The summed E-state index contributed by atoms with van der Waals surface area (Å²) in [5, 5.41) is 0. The minimum absolute atomic E-state index is 0.239. The highest BCUT2D eigenvalue weighted by molar-refractivity contribution is 5.75. The van der Waals surface area contributed by atoms with Crippen molar-refractivity contribution in [3.05, 3.63) is 72.1 Å². The number of benzene rings is 1. The highest BCUT2D eigenvalue weighted by Crippen LogP contribution is 2.24. The van der Waals surface area contributed by atoms with E-state index < -0.39 is 0 Å². The Kier molecular flexibility index (Phi) is 5.89. The molecule has 21 heavy (non-hydrogen) atoms. The Bertz CT molecular complexity index is 575. The maximum absolute atomic E-state index is 11.2. The van der Waals surface area contributed by atoms with Crippen LogP contribution in [0.4, 0.5) is 0 Å². The van der Waals surface area contributed by atoms with Gasteiger partial charge in [-0.2, -0.15) is 0 Å². The van der Waals surface area contributed by atoms with Gasteiger partial charge in [0.15, 0.2) is 0 Å². The number of carbonyl (C=O) groups is 1. The Morgan fingerprint density at radius 1 is 1.14 bits per heavy atom. The molecule has 2 rings (SSSR count). The topological polar surface area (TPSA) is 30.0 Å². The van der Waals surface area contributed by atoms with Gasteiger partial charge in [0, 0.05) is 24.2 Å². The summed E-state index contributed by atoms with van der Waals surface area (Å²) >= 11 is 0. The van der Waals surface area contributed by atoms with Crippen LogP contribution in [0.2, 0.25) is 0 Å². The average Bonchev–Trinajstić information content (AvgIpc) is 2.52. The second-order valence-corrected chi connectivity index (χ2v) is 5.24. The molecule has 0 fully saturated rings. The van der Waals surface area contributed by atoms with E-state index in [0.29, 0.717) is 12.3 Å². The molecule has 0 aliphatic heterocycles. The highest BCUT2D eigenvalue weighted by atomic mass is 16.1. The normalized spacial score (nSPS) is 12.4. The number of aromatic nitrogens is 1. The Balaban J connectivity index is 2.02. The monoisotopic (exact) mass is 279 g/mol. The van der Waals surface area contributed by atoms with Gasteiger partial charge in [0.2, 0.25) is 0 Å². The minimum Gasteiger partial charge on any atom is -0.300 e. The zero-order chi connectivity index (χ0) is 14.9. The summed E-state index contributed by atoms with van der Waals surface area (Å²) in [5.41, 5.74) is 2.26. The van der Waals surface area contributed by atoms with Gasteiger partial charge in [-0.15, -0.1) is 0 Å². The van der Waals surface area contributed by atoms with Crippen molar-refractivity contribution in [1.29, 1.82) is 0 Å². The molecule has 0 aliphatic rings. The summed E-state index contributed by atoms with van der Waals surface area (Å²) in [6.45, 7) is 1.65. The zero-order valence-corrected chi connectivity index (χ0v) is 12.4. The number of hydrogen-bond acceptors (Lipinski definition) is 2. The molecule has 2 nitrogen and oxygen atoms in total. The largest absolute Gasteiger partial charge is 0.300 e. The zero-order valence-electron chi connectivity index (χ0n) is 12.4. The second-order valence-electron chi connectivity index (χ2n) is 5.24. The maximum Gasteiger partial charge on any atom is 0.129 e. The molecule has 1 atom stereocenters. The van der Waals surface area contributed by atoms with E-state index in [1.54, 1.807) is 6.92 Å². The summed E-state index contributed by atoms with van der Waals surface area (Å²) in [4.78, 5) is 15.7. The van der Waals surface area contributed by atoms with Gasteiger partial charge in [-0.3, -0.25) is 4.98 Å². The fourth-order valence-corrected chi connectivity index (χ4v) is 2.31. The molecule has 2 aromatic rings. The van der Waals surface area contributed by atoms with Crippen LogP contribution < -0.4 is 0 Å². The van der Waals surface area contributed by atoms with Crippen molar-refractivity contribution >= 4 is 11.9 Å². The van der Waals surface area contributed by atoms with E-state index in [9.17, 15) is 4.79 Å². The summed E-state index contributed by atoms with van der Waals surface area (Å²) in [7, 11) is 0. The lowest BCUT2D eigenvalue weighted by Crippen LogP contribution is -2.03. The number of carbonyl (C=O) groups excluding carboxylic acids is 1. The van der Waals surface area contributed by atoms with Gasteiger partial charge in [-0.05, 0) is 37.5 Å². The van der Waals surface area contributed by atoms with E-state index in [0.717, 1.165) is 18.5 Å². The molecule has 0 unspecified atom stereocenters. The predicted molar refractivity (Wildman–Crippen MR) is 87.0 cm³/mol. The van der Waals surface area contributed by atoms with E-state index >= 15 is 0 Å². The van der Waals surface area contributed by atoms with Crippen molar-refractivity contribution in [3.8, 4) is 0 Å². The van der Waals surface area contributed by atoms with Gasteiger partial charge in [0.1, 0.15) is 5.78 Å². The van der Waals surface area contributed by atoms with Crippen molar-refractivity contribution in [1.82, 2.24) is 4.98 Å². The highest BCUT2D eigenvalue weighted by Gasteiger charge is 2.12. The Labute approximate surface area is 126 Å². The number of allylic oxidation sites excluding steroid dienone is 1. The predicted octanol–water partition coefficient (Wildman–Crippen LogP) is 4.64. The van der Waals surface area contributed by atoms with Crippen LogP contribution in [0, 0.1) is 0 Å². The first-order chi connectivity index (χ1) is 10.3. The summed E-state index contributed by atoms with van der Waals surface area (Å²) in [5.74, 6) is 0.540. The van der Waals surface area contributed by atoms with Crippen LogP contribution in [0.1, 0.15) is 43.4 Å². The van der Waals surface area contributed by atoms with E-state index in [1.807, 2.05) is 42.6 Å². The molecular weight excluding hydrogens is 258 g/mol. The number of ketones is 1. The Hall–Kier alpha value is -2.22. The van der Waals surface area contributed by atoms with Gasteiger partial charge in [-0.25, -0.2) is 0 Å². The van der Waals surface area contributed by atoms with Crippen molar-refractivity contribution < 1.29 is 4.79 Å². The van der Waals surface area contributed by atoms with Crippen LogP contribution in [0.5, 0.6) is 0 Å². The van der Waals surface area contributed by atoms with Gasteiger partial charge >= 0.3 is 0 Å². The second kappa shape index (κ2) is 8.15. The fraction of sp³-hybridized carbons (Fsp3) is 0.263. The number of rotatable bonds is 7. The SMILES string of the molecule is CC(=O)CC[C@H](C/C=C/c1ccccc1)c1ccccn1. The maximum atomic E-state index is 11.2. The molecule has 0 aliphatic carbocycles. The van der Waals surface area contributed by atoms with Crippen molar-refractivity contribution in [2.24, 2.45) is 0 Å². The molecule has 0 spiro atoms. The van der Waals surface area contributed by atoms with Gasteiger partial charge in [0.25, 0.3) is 0 Å². The molecule has 0 N–H and O–H groups in total. The van der Waals surface area contributed by atoms with Crippen LogP contribution in [0.25, 0.3) is 6.08 Å². The van der Waals surface area contributed by atoms with Gasteiger partial charge in [-0.1, -0.05) is 48.6 Å². The minimum atomic E-state index is 0.239. The summed E-state index contributed by atoms with van der Waals surface area (Å²) < 4.78 is 0. The lowest BCUT2D eigenvalue weighted by atomic mass is 9.94. The van der Waals surface area contributed by atoms with Crippen LogP contribution in [-0.4, -0.2) is 10.8 Å². The van der Waals surface area contributed by atoms with Crippen LogP contribution in [0.15, 0.2) is 60.8 Å². The van der Waals surface area contributed by atoms with Crippen LogP contribution in [-0.2, 0) is 4.79 Å². The molecule has 0 saturated carbocycles. The van der Waals surface area contributed by atoms with Crippen LogP contribution >= 0.6 is 0 Å². The lowest BCUT2D eigenvalue weighted by molar-refractivity contribution is -0.117. The third kappa shape index (κ3) is 5.35. The molecule has 0 amide bonds. The molecule has 108 valence electrons. The fourth-order valence-electron chi connectivity index (χ4n) is 2.31. The molecule has 1 aromatic carbocycles. The van der Waals surface area contributed by atoms with E-state index in [4.69, 9.17) is 0 Å². The lowest BCUT2D eigenvalue weighted by Gasteiger charge is -2.13. The van der Waals surface area contributed by atoms with Gasteiger partial charge < -0.3 is 4.79 Å². The van der Waals surface area contributed by atoms with Gasteiger partial charge in [0.05, 0.1) is 0 Å². The van der Waals surface area contributed by atoms with E-state index in [2.05, 4.69) is 29.3 Å². The third-order valence-corrected chi connectivity index (χ3v) is 3.48. The number of pyridine rings is 1. The molecule has 0 bridgehead atoms. The smallest absolute Gasteiger partial charge is 0.129 e. The first-order valence-electron chi connectivity index (χ1n) is 7.37. The Morgan fingerprint density at radius 2 is 1.90 bits per heavy atom. The summed E-state index contributed by atoms with van der Waals surface area (Å²) in [6, 6.07) is 16.2. The average molecular weight is 279 g/mol. The Morgan fingerprint density at radius 3 is 2.57 bits per heavy atom. The first kappa shape index (κ1) is 15.2. The molecule has 0 saturated heterocycles.